The topological polar surface area (TPSA) is 83.5 Å². The van der Waals surface area contributed by atoms with Gasteiger partial charge in [0.2, 0.25) is 5.91 Å². The van der Waals surface area contributed by atoms with Crippen LogP contribution < -0.4 is 5.32 Å². The molecule has 2 N–H and O–H groups in total. The molecule has 1 amide bonds. The van der Waals surface area contributed by atoms with E-state index in [1.165, 1.54) is 0 Å². The molecule has 1 aromatic rings. The van der Waals surface area contributed by atoms with Crippen LogP contribution in [-0.4, -0.2) is 33.5 Å². The summed E-state index contributed by atoms with van der Waals surface area (Å²) in [5.41, 5.74) is -1.01. The first-order valence-corrected chi connectivity index (χ1v) is 9.75. The summed E-state index contributed by atoms with van der Waals surface area (Å²) in [7, 11) is -1.12. The van der Waals surface area contributed by atoms with Gasteiger partial charge in [-0.2, -0.15) is 0 Å². The summed E-state index contributed by atoms with van der Waals surface area (Å²) >= 11 is 0. The number of aliphatic carboxylic acids is 1. The molecule has 4 rings (SSSR count). The lowest BCUT2D eigenvalue weighted by Gasteiger charge is -2.50. The first kappa shape index (κ1) is 17.1. The predicted octanol–water partition coefficient (Wildman–Crippen LogP) is 2.34. The van der Waals surface area contributed by atoms with Gasteiger partial charge in [0.05, 0.1) is 16.2 Å². The van der Waals surface area contributed by atoms with Crippen LogP contribution in [0, 0.1) is 10.8 Å². The van der Waals surface area contributed by atoms with Gasteiger partial charge in [-0.1, -0.05) is 18.2 Å². The second-order valence-corrected chi connectivity index (χ2v) is 8.56. The van der Waals surface area contributed by atoms with Gasteiger partial charge in [0.15, 0.2) is 0 Å². The van der Waals surface area contributed by atoms with Crippen molar-refractivity contribution in [1.82, 2.24) is 5.32 Å². The lowest BCUT2D eigenvalue weighted by atomic mass is 9.53. The van der Waals surface area contributed by atoms with E-state index in [2.05, 4.69) is 5.32 Å². The van der Waals surface area contributed by atoms with Gasteiger partial charge in [-0.25, -0.2) is 0 Å². The van der Waals surface area contributed by atoms with Crippen molar-refractivity contribution < 1.29 is 18.9 Å². The fourth-order valence-corrected chi connectivity index (χ4v) is 4.97. The number of hydrogen-bond donors (Lipinski definition) is 2. The summed E-state index contributed by atoms with van der Waals surface area (Å²) in [6, 6.07) is 9.23. The maximum atomic E-state index is 12.6. The van der Waals surface area contributed by atoms with Crippen molar-refractivity contribution in [2.75, 3.05) is 12.3 Å². The Labute approximate surface area is 144 Å². The Bertz CT molecular complexity index is 634. The normalized spacial score (nSPS) is 29.8. The second-order valence-electron chi connectivity index (χ2n) is 6.98. The number of amides is 1. The van der Waals surface area contributed by atoms with Crippen molar-refractivity contribution in [2.24, 2.45) is 10.8 Å². The van der Waals surface area contributed by atoms with E-state index in [1.807, 2.05) is 30.3 Å². The molecule has 24 heavy (non-hydrogen) atoms. The molecule has 3 aliphatic carbocycles. The van der Waals surface area contributed by atoms with Crippen molar-refractivity contribution >= 4 is 22.7 Å². The molecule has 2 bridgehead atoms. The Hall–Kier alpha value is -1.69. The van der Waals surface area contributed by atoms with Crippen LogP contribution in [0.5, 0.6) is 0 Å². The standard InChI is InChI=1S/C18H23NO4S/c20-15(19-12-13-24(23)14-4-2-1-3-5-14)17-6-9-18(10-7-17,11-8-17)16(21)22/h1-5H,6-13H2,(H,19,20)(H,21,22). The first-order valence-electron chi connectivity index (χ1n) is 8.43. The number of carboxylic acids is 1. The third-order valence-corrected chi connectivity index (χ3v) is 7.13. The summed E-state index contributed by atoms with van der Waals surface area (Å²) in [5.74, 6) is -0.314. The largest absolute Gasteiger partial charge is 0.481 e. The van der Waals surface area contributed by atoms with E-state index >= 15 is 0 Å². The highest BCUT2D eigenvalue weighted by atomic mass is 32.2. The average molecular weight is 349 g/mol. The quantitative estimate of drug-likeness (QED) is 0.826. The van der Waals surface area contributed by atoms with Crippen LogP contribution in [0.1, 0.15) is 38.5 Å². The van der Waals surface area contributed by atoms with Crippen LogP contribution in [0.2, 0.25) is 0 Å². The van der Waals surface area contributed by atoms with Crippen molar-refractivity contribution in [1.29, 1.82) is 0 Å². The number of rotatable bonds is 6. The highest BCUT2D eigenvalue weighted by molar-refractivity contribution is 7.85. The minimum Gasteiger partial charge on any atom is -0.481 e. The molecular weight excluding hydrogens is 326 g/mol. The average Bonchev–Trinajstić information content (AvgIpc) is 2.63. The number of carboxylic acid groups (broad SMARTS) is 1. The third kappa shape index (κ3) is 3.11. The molecule has 5 nitrogen and oxygen atoms in total. The molecule has 0 spiro atoms. The number of fused-ring (bicyclic) bond motifs is 3. The highest BCUT2D eigenvalue weighted by Gasteiger charge is 2.55. The summed E-state index contributed by atoms with van der Waals surface area (Å²) in [6.07, 6.45) is 3.70. The van der Waals surface area contributed by atoms with Gasteiger partial charge in [0, 0.05) is 22.6 Å². The van der Waals surface area contributed by atoms with E-state index in [9.17, 15) is 18.9 Å². The number of nitrogens with one attached hydrogen (secondary N) is 1. The smallest absolute Gasteiger partial charge is 0.309 e. The van der Waals surface area contributed by atoms with Gasteiger partial charge in [-0.3, -0.25) is 13.8 Å². The van der Waals surface area contributed by atoms with Crippen molar-refractivity contribution in [2.45, 2.75) is 43.4 Å². The van der Waals surface area contributed by atoms with Gasteiger partial charge in [-0.05, 0) is 50.7 Å². The van der Waals surface area contributed by atoms with Crippen LogP contribution in [0.15, 0.2) is 35.2 Å². The molecule has 1 aromatic carbocycles. The van der Waals surface area contributed by atoms with E-state index in [4.69, 9.17) is 0 Å². The lowest BCUT2D eigenvalue weighted by molar-refractivity contribution is -0.163. The molecule has 0 aliphatic heterocycles. The van der Waals surface area contributed by atoms with Gasteiger partial charge in [0.25, 0.3) is 0 Å². The molecule has 3 aliphatic rings. The molecule has 1 atom stereocenters. The van der Waals surface area contributed by atoms with Crippen molar-refractivity contribution in [3.05, 3.63) is 30.3 Å². The van der Waals surface area contributed by atoms with Crippen LogP contribution in [0.3, 0.4) is 0 Å². The number of carbonyl (C=O) groups is 2. The Morgan fingerprint density at radius 2 is 1.54 bits per heavy atom. The van der Waals surface area contributed by atoms with Crippen LogP contribution in [0.4, 0.5) is 0 Å². The summed E-state index contributed by atoms with van der Waals surface area (Å²) in [5, 5.41) is 12.3. The molecule has 3 fully saturated rings. The minimum atomic E-state index is -1.12. The first-order chi connectivity index (χ1) is 11.5. The molecule has 1 unspecified atom stereocenters. The van der Waals surface area contributed by atoms with Gasteiger partial charge >= 0.3 is 5.97 Å². The molecule has 0 saturated heterocycles. The molecular formula is C18H23NO4S. The van der Waals surface area contributed by atoms with Crippen LogP contribution in [-0.2, 0) is 20.4 Å². The maximum absolute atomic E-state index is 12.6. The Morgan fingerprint density at radius 3 is 2.08 bits per heavy atom. The zero-order valence-electron chi connectivity index (χ0n) is 13.6. The lowest BCUT2D eigenvalue weighted by Crippen LogP contribution is -2.52. The molecule has 130 valence electrons. The van der Waals surface area contributed by atoms with Gasteiger partial charge < -0.3 is 10.4 Å². The third-order valence-electron chi connectivity index (χ3n) is 5.76. The van der Waals surface area contributed by atoms with E-state index < -0.39 is 27.6 Å². The van der Waals surface area contributed by atoms with E-state index in [-0.39, 0.29) is 5.91 Å². The molecule has 0 heterocycles. The summed E-state index contributed by atoms with van der Waals surface area (Å²) in [6.45, 7) is 0.381. The van der Waals surface area contributed by atoms with E-state index in [1.54, 1.807) is 0 Å². The number of benzene rings is 1. The zero-order chi connectivity index (χ0) is 17.2. The Balaban J connectivity index is 1.52. The SMILES string of the molecule is O=C(O)C12CCC(C(=O)NCCS(=O)c3ccccc3)(CC1)CC2. The van der Waals surface area contributed by atoms with E-state index in [0.29, 0.717) is 50.8 Å². The zero-order valence-corrected chi connectivity index (χ0v) is 14.4. The Morgan fingerprint density at radius 1 is 1.00 bits per heavy atom. The maximum Gasteiger partial charge on any atom is 0.309 e. The van der Waals surface area contributed by atoms with Crippen LogP contribution >= 0.6 is 0 Å². The molecule has 6 heteroatoms. The molecule has 0 radical (unpaired) electrons. The fourth-order valence-electron chi connectivity index (χ4n) is 3.98. The predicted molar refractivity (Wildman–Crippen MR) is 90.9 cm³/mol. The number of carbonyl (C=O) groups excluding carboxylic acids is 1. The molecule has 0 aromatic heterocycles. The minimum absolute atomic E-state index is 0.00579. The monoisotopic (exact) mass is 349 g/mol. The summed E-state index contributed by atoms with van der Waals surface area (Å²) < 4.78 is 12.2. The number of hydrogen-bond acceptors (Lipinski definition) is 3. The van der Waals surface area contributed by atoms with Crippen molar-refractivity contribution in [3.63, 3.8) is 0 Å². The van der Waals surface area contributed by atoms with E-state index in [0.717, 1.165) is 4.90 Å². The Kier molecular flexibility index (Phi) is 4.76. The van der Waals surface area contributed by atoms with Gasteiger partial charge in [0.1, 0.15) is 0 Å². The van der Waals surface area contributed by atoms with Gasteiger partial charge in [-0.15, -0.1) is 0 Å². The highest BCUT2D eigenvalue weighted by Crippen LogP contribution is 2.57. The second kappa shape index (κ2) is 6.67. The summed E-state index contributed by atoms with van der Waals surface area (Å²) in [4.78, 5) is 24.8. The van der Waals surface area contributed by atoms with Crippen molar-refractivity contribution in [3.8, 4) is 0 Å². The fraction of sp³-hybridized carbons (Fsp3) is 0.556. The van der Waals surface area contributed by atoms with Crippen LogP contribution in [0.25, 0.3) is 0 Å². The molecule has 3 saturated carbocycles.